The molecule has 0 saturated carbocycles. The molecule has 0 fully saturated rings. The Labute approximate surface area is 113 Å². The fourth-order valence-corrected chi connectivity index (χ4v) is 2.85. The lowest BCUT2D eigenvalue weighted by atomic mass is 10.0. The van der Waals surface area contributed by atoms with Crippen molar-refractivity contribution in [2.45, 2.75) is 39.2 Å². The fraction of sp³-hybridized carbons (Fsp3) is 0.467. The second kappa shape index (κ2) is 6.76. The predicted molar refractivity (Wildman–Crippen MR) is 77.1 cm³/mol. The van der Waals surface area contributed by atoms with Gasteiger partial charge in [-0.2, -0.15) is 0 Å². The number of aryl methyl sites for hydroxylation is 2. The third-order valence-corrected chi connectivity index (χ3v) is 3.93. The minimum Gasteiger partial charge on any atom is -0.469 e. The maximum Gasteiger partial charge on any atom is 0.103 e. The Morgan fingerprint density at radius 1 is 1.44 bits per heavy atom. The lowest BCUT2D eigenvalue weighted by Gasteiger charge is -2.16. The van der Waals surface area contributed by atoms with Crippen molar-refractivity contribution in [1.29, 1.82) is 0 Å². The zero-order chi connectivity index (χ0) is 12.8. The zero-order valence-corrected chi connectivity index (χ0v) is 11.9. The molecule has 2 aromatic heterocycles. The smallest absolute Gasteiger partial charge is 0.103 e. The molecule has 2 nitrogen and oxygen atoms in total. The van der Waals surface area contributed by atoms with Crippen LogP contribution < -0.4 is 5.32 Å². The van der Waals surface area contributed by atoms with Gasteiger partial charge in [-0.3, -0.25) is 0 Å². The molecule has 0 aliphatic rings. The SMILES string of the molecule is CCCNC(CCc1ccco1)c1csc(C)c1. The quantitative estimate of drug-likeness (QED) is 0.804. The lowest BCUT2D eigenvalue weighted by molar-refractivity contribution is 0.453. The molecule has 0 aliphatic heterocycles. The first-order valence-electron chi connectivity index (χ1n) is 6.60. The van der Waals surface area contributed by atoms with Crippen LogP contribution in [0, 0.1) is 6.92 Å². The van der Waals surface area contributed by atoms with Crippen LogP contribution >= 0.6 is 11.3 Å². The molecule has 0 radical (unpaired) electrons. The van der Waals surface area contributed by atoms with Crippen molar-refractivity contribution in [3.8, 4) is 0 Å². The molecule has 0 spiro atoms. The van der Waals surface area contributed by atoms with Crippen LogP contribution in [0.3, 0.4) is 0 Å². The number of hydrogen-bond donors (Lipinski definition) is 1. The Morgan fingerprint density at radius 2 is 2.33 bits per heavy atom. The van der Waals surface area contributed by atoms with Crippen molar-refractivity contribution in [2.24, 2.45) is 0 Å². The van der Waals surface area contributed by atoms with Gasteiger partial charge in [0.1, 0.15) is 5.76 Å². The predicted octanol–water partition coefficient (Wildman–Crippen LogP) is 4.32. The van der Waals surface area contributed by atoms with E-state index in [1.54, 1.807) is 6.26 Å². The Morgan fingerprint density at radius 3 is 2.94 bits per heavy atom. The summed E-state index contributed by atoms with van der Waals surface area (Å²) in [5.74, 6) is 1.07. The molecule has 2 rings (SSSR count). The van der Waals surface area contributed by atoms with Gasteiger partial charge in [-0.1, -0.05) is 6.92 Å². The summed E-state index contributed by atoms with van der Waals surface area (Å²) < 4.78 is 5.40. The van der Waals surface area contributed by atoms with Gasteiger partial charge in [-0.25, -0.2) is 0 Å². The van der Waals surface area contributed by atoms with Crippen LogP contribution in [0.4, 0.5) is 0 Å². The van der Waals surface area contributed by atoms with E-state index in [-0.39, 0.29) is 0 Å². The molecule has 1 atom stereocenters. The van der Waals surface area contributed by atoms with E-state index in [2.05, 4.69) is 36.7 Å². The van der Waals surface area contributed by atoms with Gasteiger partial charge in [0, 0.05) is 17.3 Å². The summed E-state index contributed by atoms with van der Waals surface area (Å²) in [5, 5.41) is 5.90. The monoisotopic (exact) mass is 263 g/mol. The van der Waals surface area contributed by atoms with E-state index in [0.717, 1.165) is 25.1 Å². The largest absolute Gasteiger partial charge is 0.469 e. The minimum atomic E-state index is 0.444. The first kappa shape index (κ1) is 13.4. The topological polar surface area (TPSA) is 25.2 Å². The molecule has 1 unspecified atom stereocenters. The van der Waals surface area contributed by atoms with E-state index in [0.29, 0.717) is 6.04 Å². The Balaban J connectivity index is 1.96. The molecule has 2 heterocycles. The van der Waals surface area contributed by atoms with Gasteiger partial charge in [0.2, 0.25) is 0 Å². The van der Waals surface area contributed by atoms with Crippen LogP contribution in [-0.2, 0) is 6.42 Å². The summed E-state index contributed by atoms with van der Waals surface area (Å²) in [5.41, 5.74) is 1.41. The Hall–Kier alpha value is -1.06. The van der Waals surface area contributed by atoms with E-state index in [1.165, 1.54) is 16.9 Å². The van der Waals surface area contributed by atoms with Crippen molar-refractivity contribution >= 4 is 11.3 Å². The van der Waals surface area contributed by atoms with Crippen molar-refractivity contribution < 1.29 is 4.42 Å². The van der Waals surface area contributed by atoms with Crippen LogP contribution in [-0.4, -0.2) is 6.54 Å². The second-order valence-corrected chi connectivity index (χ2v) is 5.73. The zero-order valence-electron chi connectivity index (χ0n) is 11.1. The minimum absolute atomic E-state index is 0.444. The molecule has 1 N–H and O–H groups in total. The van der Waals surface area contributed by atoms with Gasteiger partial charge in [0.25, 0.3) is 0 Å². The highest BCUT2D eigenvalue weighted by Crippen LogP contribution is 2.24. The first-order chi connectivity index (χ1) is 8.79. The Kier molecular flexibility index (Phi) is 5.02. The first-order valence-corrected chi connectivity index (χ1v) is 7.48. The van der Waals surface area contributed by atoms with Crippen LogP contribution in [0.5, 0.6) is 0 Å². The average Bonchev–Trinajstić information content (AvgIpc) is 3.01. The number of thiophene rings is 1. The third kappa shape index (κ3) is 3.72. The van der Waals surface area contributed by atoms with Gasteiger partial charge in [-0.05, 0) is 55.5 Å². The molecule has 0 amide bonds. The third-order valence-electron chi connectivity index (χ3n) is 3.05. The highest BCUT2D eigenvalue weighted by Gasteiger charge is 2.12. The summed E-state index contributed by atoms with van der Waals surface area (Å²) in [4.78, 5) is 1.38. The number of rotatable bonds is 7. The van der Waals surface area contributed by atoms with Crippen LogP contribution in [0.15, 0.2) is 34.3 Å². The summed E-state index contributed by atoms with van der Waals surface area (Å²) in [6, 6.07) is 6.74. The molecular weight excluding hydrogens is 242 g/mol. The highest BCUT2D eigenvalue weighted by atomic mass is 32.1. The number of hydrogen-bond acceptors (Lipinski definition) is 3. The molecule has 18 heavy (non-hydrogen) atoms. The van der Waals surface area contributed by atoms with Crippen LogP contribution in [0.1, 0.15) is 42.0 Å². The Bertz CT molecular complexity index is 447. The highest BCUT2D eigenvalue weighted by molar-refractivity contribution is 7.10. The van der Waals surface area contributed by atoms with Crippen molar-refractivity contribution in [3.63, 3.8) is 0 Å². The van der Waals surface area contributed by atoms with E-state index in [1.807, 2.05) is 17.4 Å². The van der Waals surface area contributed by atoms with Crippen LogP contribution in [0.2, 0.25) is 0 Å². The molecule has 0 bridgehead atoms. The second-order valence-electron chi connectivity index (χ2n) is 4.62. The normalized spacial score (nSPS) is 12.8. The maximum atomic E-state index is 5.40. The summed E-state index contributed by atoms with van der Waals surface area (Å²) in [6.07, 6.45) is 4.99. The van der Waals surface area contributed by atoms with Gasteiger partial charge in [0.05, 0.1) is 6.26 Å². The van der Waals surface area contributed by atoms with E-state index < -0.39 is 0 Å². The lowest BCUT2D eigenvalue weighted by Crippen LogP contribution is -2.22. The average molecular weight is 263 g/mol. The number of nitrogens with one attached hydrogen (secondary N) is 1. The number of furan rings is 1. The van der Waals surface area contributed by atoms with Gasteiger partial charge in [0.15, 0.2) is 0 Å². The van der Waals surface area contributed by atoms with Gasteiger partial charge >= 0.3 is 0 Å². The molecule has 2 aromatic rings. The molecular formula is C15H21NOS. The fourth-order valence-electron chi connectivity index (χ4n) is 2.09. The van der Waals surface area contributed by atoms with Crippen molar-refractivity contribution in [1.82, 2.24) is 5.32 Å². The van der Waals surface area contributed by atoms with E-state index in [4.69, 9.17) is 4.42 Å². The van der Waals surface area contributed by atoms with E-state index in [9.17, 15) is 0 Å². The van der Waals surface area contributed by atoms with Crippen LogP contribution in [0.25, 0.3) is 0 Å². The summed E-state index contributed by atoms with van der Waals surface area (Å²) >= 11 is 1.83. The molecule has 0 saturated heterocycles. The summed E-state index contributed by atoms with van der Waals surface area (Å²) in [7, 11) is 0. The van der Waals surface area contributed by atoms with E-state index >= 15 is 0 Å². The van der Waals surface area contributed by atoms with Crippen molar-refractivity contribution in [3.05, 3.63) is 46.0 Å². The standard InChI is InChI=1S/C15H21NOS/c1-3-8-16-15(13-10-12(2)18-11-13)7-6-14-5-4-9-17-14/h4-5,9-11,15-16H,3,6-8H2,1-2H3. The molecule has 98 valence electrons. The van der Waals surface area contributed by atoms with Crippen molar-refractivity contribution in [2.75, 3.05) is 6.54 Å². The molecule has 0 aromatic carbocycles. The van der Waals surface area contributed by atoms with Gasteiger partial charge in [-0.15, -0.1) is 11.3 Å². The maximum absolute atomic E-state index is 5.40. The molecule has 0 aliphatic carbocycles. The van der Waals surface area contributed by atoms with Gasteiger partial charge < -0.3 is 9.73 Å². The summed E-state index contributed by atoms with van der Waals surface area (Å²) in [6.45, 7) is 5.44. The molecule has 3 heteroatoms.